The van der Waals surface area contributed by atoms with Crippen molar-refractivity contribution >= 4 is 39.3 Å². The second-order valence-electron chi connectivity index (χ2n) is 14.4. The lowest BCUT2D eigenvalue weighted by Crippen LogP contribution is -2.42. The fraction of sp³-hybridized carbons (Fsp3) is 0.486. The summed E-state index contributed by atoms with van der Waals surface area (Å²) in [7, 11) is -16.4. The normalized spacial score (nSPS) is 24.3. The second-order valence-corrected chi connectivity index (χ2v) is 23.3. The van der Waals surface area contributed by atoms with Gasteiger partial charge in [0.15, 0.2) is 29.7 Å². The third-order valence-electron chi connectivity index (χ3n) is 10.1. The topological polar surface area (TPSA) is 212 Å². The summed E-state index contributed by atoms with van der Waals surface area (Å²) in [5, 5.41) is 10.9. The quantitative estimate of drug-likeness (QED) is 0.197. The zero-order chi connectivity index (χ0) is 41.5. The van der Waals surface area contributed by atoms with E-state index in [4.69, 9.17) is 9.47 Å². The van der Waals surface area contributed by atoms with Gasteiger partial charge in [0.25, 0.3) is 9.84 Å². The van der Waals surface area contributed by atoms with Crippen LogP contribution in [0.4, 0.5) is 13.2 Å². The molecule has 0 saturated carbocycles. The van der Waals surface area contributed by atoms with Crippen molar-refractivity contribution in [2.24, 2.45) is 0 Å². The molecule has 0 bridgehead atoms. The maximum Gasteiger partial charge on any atom is 0.342 e. The standard InChI is InChI=1S/C18H23FN2O5S2.C17H20F2N2O5S2/c1-12-5-4-6-14(9-12)28(24,25)18(3)7-8-26-16(11-18)15-10-17(21-20-15)27(22,23)13(2)19;1-11-4-3-5-12(8-11)28(24,25)17(2)6-7-26-14(10-17)13-9-15(21-20-13)27(22,23)16(18)19/h4-6,9-10,13,16H,7-8,11H2,1-3H3,(H,20,21);3-5,8-9,14,16H,6-7,10H2,1-2H3,(H,20,21)/t13?,16-,18+;14-,17+/m01/s1. The average molecular weight is 865 g/mol. The fourth-order valence-electron chi connectivity index (χ4n) is 6.48. The largest absolute Gasteiger partial charge is 0.372 e. The van der Waals surface area contributed by atoms with Crippen LogP contribution in [0.1, 0.15) is 81.2 Å². The monoisotopic (exact) mass is 864 g/mol. The Hall–Kier alpha value is -3.63. The summed E-state index contributed by atoms with van der Waals surface area (Å²) >= 11 is 0. The van der Waals surface area contributed by atoms with E-state index in [0.717, 1.165) is 24.1 Å². The Morgan fingerprint density at radius 2 is 1.05 bits per heavy atom. The molecule has 2 N–H and O–H groups in total. The molecule has 2 fully saturated rings. The van der Waals surface area contributed by atoms with Crippen molar-refractivity contribution in [1.29, 1.82) is 0 Å². The molecule has 56 heavy (non-hydrogen) atoms. The fourth-order valence-corrected chi connectivity index (χ4v) is 11.7. The number of nitrogens with zero attached hydrogens (tertiary/aromatic N) is 2. The number of ether oxygens (including phenoxy) is 2. The van der Waals surface area contributed by atoms with Gasteiger partial charge in [-0.25, -0.2) is 38.1 Å². The van der Waals surface area contributed by atoms with Crippen LogP contribution in [-0.4, -0.2) is 88.0 Å². The van der Waals surface area contributed by atoms with Gasteiger partial charge in [-0.3, -0.25) is 10.2 Å². The van der Waals surface area contributed by atoms with Crippen LogP contribution in [0.5, 0.6) is 0 Å². The first-order chi connectivity index (χ1) is 25.9. The van der Waals surface area contributed by atoms with Crippen LogP contribution >= 0.6 is 0 Å². The Morgan fingerprint density at radius 1 is 0.661 bits per heavy atom. The van der Waals surface area contributed by atoms with Crippen LogP contribution in [0, 0.1) is 13.8 Å². The van der Waals surface area contributed by atoms with E-state index in [2.05, 4.69) is 20.4 Å². The number of benzene rings is 2. The van der Waals surface area contributed by atoms with E-state index in [-0.39, 0.29) is 48.0 Å². The van der Waals surface area contributed by atoms with Crippen LogP contribution in [0.15, 0.2) is 80.5 Å². The van der Waals surface area contributed by atoms with Gasteiger partial charge in [-0.15, -0.1) is 0 Å². The van der Waals surface area contributed by atoms with Crippen LogP contribution in [0.2, 0.25) is 0 Å². The molecule has 2 saturated heterocycles. The first-order valence-corrected chi connectivity index (χ1v) is 23.4. The molecule has 4 aromatic rings. The number of hydrogen-bond acceptors (Lipinski definition) is 12. The Morgan fingerprint density at radius 3 is 1.41 bits per heavy atom. The maximum atomic E-state index is 13.4. The molecule has 308 valence electrons. The van der Waals surface area contributed by atoms with Crippen LogP contribution in [0.25, 0.3) is 0 Å². The zero-order valence-electron chi connectivity index (χ0n) is 31.1. The highest BCUT2D eigenvalue weighted by Gasteiger charge is 2.47. The van der Waals surface area contributed by atoms with Crippen molar-refractivity contribution < 1.29 is 56.3 Å². The van der Waals surface area contributed by atoms with Gasteiger partial charge in [-0.2, -0.15) is 19.0 Å². The van der Waals surface area contributed by atoms with E-state index in [1.54, 1.807) is 57.2 Å². The van der Waals surface area contributed by atoms with E-state index in [9.17, 15) is 46.8 Å². The summed E-state index contributed by atoms with van der Waals surface area (Å²) in [5.41, 5.74) is 0.0119. The highest BCUT2D eigenvalue weighted by atomic mass is 32.2. The molecule has 2 aromatic carbocycles. The Bertz CT molecular complexity index is 2340. The Balaban J connectivity index is 0.000000214. The molecule has 14 nitrogen and oxygen atoms in total. The average Bonchev–Trinajstić information content (AvgIpc) is 3.84. The SMILES string of the molecule is Cc1cccc(S(=O)(=O)[C@@]2(C)CCO[C@@H](c3cc(S(=O)(=O)C(F)F)n[nH]3)C2)c1.Cc1cccc(S(=O)(=O)[C@]2(C)CCO[C@H](c3cc(S(=O)(=O)C(C)F)n[nH]3)C2)c1. The van der Waals surface area contributed by atoms with Gasteiger partial charge in [0.2, 0.25) is 15.3 Å². The molecule has 0 aliphatic carbocycles. The maximum absolute atomic E-state index is 13.4. The molecule has 21 heteroatoms. The van der Waals surface area contributed by atoms with E-state index in [1.165, 1.54) is 12.1 Å². The smallest absolute Gasteiger partial charge is 0.342 e. The predicted octanol–water partition coefficient (Wildman–Crippen LogP) is 5.69. The van der Waals surface area contributed by atoms with Crippen molar-refractivity contribution in [3.63, 3.8) is 0 Å². The van der Waals surface area contributed by atoms with Crippen molar-refractivity contribution in [2.75, 3.05) is 13.2 Å². The summed E-state index contributed by atoms with van der Waals surface area (Å²) < 4.78 is 148. The molecule has 0 radical (unpaired) electrons. The molecule has 5 atom stereocenters. The van der Waals surface area contributed by atoms with Gasteiger partial charge in [0, 0.05) is 25.3 Å². The molecule has 2 aromatic heterocycles. The number of halogens is 3. The van der Waals surface area contributed by atoms with Gasteiger partial charge in [0.1, 0.15) is 12.2 Å². The number of hydrogen-bond donors (Lipinski definition) is 2. The van der Waals surface area contributed by atoms with Crippen LogP contribution in [-0.2, 0) is 48.8 Å². The van der Waals surface area contributed by atoms with E-state index < -0.39 is 82.4 Å². The predicted molar refractivity (Wildman–Crippen MR) is 198 cm³/mol. The van der Waals surface area contributed by atoms with Crippen molar-refractivity contribution in [3.05, 3.63) is 83.2 Å². The third kappa shape index (κ3) is 8.47. The number of sulfone groups is 4. The highest BCUT2D eigenvalue weighted by Crippen LogP contribution is 2.43. The van der Waals surface area contributed by atoms with Gasteiger partial charge in [0.05, 0.1) is 30.7 Å². The van der Waals surface area contributed by atoms with Gasteiger partial charge >= 0.3 is 5.76 Å². The van der Waals surface area contributed by atoms with E-state index >= 15 is 0 Å². The lowest BCUT2D eigenvalue weighted by atomic mass is 9.95. The molecule has 0 spiro atoms. The lowest BCUT2D eigenvalue weighted by molar-refractivity contribution is -0.00231. The molecule has 0 amide bonds. The van der Waals surface area contributed by atoms with Crippen LogP contribution < -0.4 is 0 Å². The molecule has 2 aliphatic rings. The first-order valence-electron chi connectivity index (χ1n) is 17.3. The third-order valence-corrected chi connectivity index (χ3v) is 18.1. The highest BCUT2D eigenvalue weighted by molar-refractivity contribution is 7.93. The lowest BCUT2D eigenvalue weighted by Gasteiger charge is -2.37. The summed E-state index contributed by atoms with van der Waals surface area (Å²) in [6.45, 7) is 8.11. The van der Waals surface area contributed by atoms with Crippen molar-refractivity contribution in [1.82, 2.24) is 20.4 Å². The summed E-state index contributed by atoms with van der Waals surface area (Å²) in [6, 6.07) is 15.5. The minimum absolute atomic E-state index is 0.0274. The number of rotatable bonds is 10. The second kappa shape index (κ2) is 16.0. The number of nitrogens with one attached hydrogen (secondary N) is 2. The summed E-state index contributed by atoms with van der Waals surface area (Å²) in [6.07, 6.45) is -0.802. The molecular formula is C35H43F3N4O10S4. The van der Waals surface area contributed by atoms with E-state index in [1.807, 2.05) is 13.0 Å². The Kier molecular flexibility index (Phi) is 12.4. The number of aryl methyl sites for hydroxylation is 2. The van der Waals surface area contributed by atoms with Gasteiger partial charge < -0.3 is 9.47 Å². The van der Waals surface area contributed by atoms with Gasteiger partial charge in [-0.1, -0.05) is 24.3 Å². The number of alkyl halides is 3. The summed E-state index contributed by atoms with van der Waals surface area (Å²) in [4.78, 5) is 0.441. The van der Waals surface area contributed by atoms with Crippen molar-refractivity contribution in [2.45, 2.75) is 113 Å². The molecule has 1 unspecified atom stereocenters. The van der Waals surface area contributed by atoms with Crippen molar-refractivity contribution in [3.8, 4) is 0 Å². The number of aromatic nitrogens is 4. The molecule has 6 rings (SSSR count). The Labute approximate surface area is 324 Å². The molecule has 4 heterocycles. The summed E-state index contributed by atoms with van der Waals surface area (Å²) in [5.74, 6) is -3.59. The zero-order valence-corrected chi connectivity index (χ0v) is 34.3. The minimum atomic E-state index is -4.85. The molecular weight excluding hydrogens is 822 g/mol. The van der Waals surface area contributed by atoms with Crippen LogP contribution in [0.3, 0.4) is 0 Å². The molecule has 2 aliphatic heterocycles. The van der Waals surface area contributed by atoms with Gasteiger partial charge in [-0.05, 0) is 95.7 Å². The minimum Gasteiger partial charge on any atom is -0.372 e. The number of aromatic amines is 2. The first kappa shape index (κ1) is 43.5. The number of H-pyrrole nitrogens is 2. The van der Waals surface area contributed by atoms with E-state index in [0.29, 0.717) is 12.1 Å².